The van der Waals surface area contributed by atoms with Gasteiger partial charge in [0.15, 0.2) is 0 Å². The maximum Gasteiger partial charge on any atom is 0.118 e. The Balaban J connectivity index is 2.19. The van der Waals surface area contributed by atoms with E-state index in [9.17, 15) is 5.11 Å². The molecule has 88 valence electrons. The Kier molecular flexibility index (Phi) is 3.06. The topological polar surface area (TPSA) is 35.5 Å². The summed E-state index contributed by atoms with van der Waals surface area (Å²) < 4.78 is 0. The van der Waals surface area contributed by atoms with E-state index in [1.165, 1.54) is 5.69 Å². The molecule has 1 aromatic carbocycles. The van der Waals surface area contributed by atoms with Crippen LogP contribution in [0.4, 0.5) is 5.69 Å². The van der Waals surface area contributed by atoms with Crippen LogP contribution in [-0.2, 0) is 0 Å². The first-order valence-corrected chi connectivity index (χ1v) is 5.87. The largest absolute Gasteiger partial charge is 0.508 e. The average Bonchev–Trinajstić information content (AvgIpc) is 2.20. The van der Waals surface area contributed by atoms with Crippen LogP contribution in [0.1, 0.15) is 19.4 Å². The van der Waals surface area contributed by atoms with Crippen molar-refractivity contribution in [2.24, 2.45) is 0 Å². The van der Waals surface area contributed by atoms with E-state index in [-0.39, 0.29) is 0 Å². The second kappa shape index (κ2) is 4.34. The lowest BCUT2D eigenvalue weighted by Gasteiger charge is -2.37. The molecule has 1 aromatic rings. The molecule has 0 bridgehead atoms. The molecule has 0 radical (unpaired) electrons. The van der Waals surface area contributed by atoms with Crippen LogP contribution in [0.3, 0.4) is 0 Å². The number of phenols is 1. The smallest absolute Gasteiger partial charge is 0.118 e. The highest BCUT2D eigenvalue weighted by atomic mass is 16.3. The van der Waals surface area contributed by atoms with Crippen LogP contribution in [0.2, 0.25) is 0 Å². The zero-order chi connectivity index (χ0) is 11.7. The lowest BCUT2D eigenvalue weighted by Crippen LogP contribution is -2.54. The van der Waals surface area contributed by atoms with Gasteiger partial charge in [0.05, 0.1) is 0 Å². The monoisotopic (exact) mass is 220 g/mol. The molecular weight excluding hydrogens is 200 g/mol. The summed E-state index contributed by atoms with van der Waals surface area (Å²) in [7, 11) is 0. The molecule has 2 atom stereocenters. The van der Waals surface area contributed by atoms with Gasteiger partial charge in [-0.05, 0) is 44.5 Å². The molecule has 1 heterocycles. The van der Waals surface area contributed by atoms with Gasteiger partial charge in [-0.25, -0.2) is 0 Å². The Hall–Kier alpha value is -1.22. The minimum Gasteiger partial charge on any atom is -0.508 e. The molecule has 2 rings (SSSR count). The van der Waals surface area contributed by atoms with Crippen molar-refractivity contribution in [3.63, 3.8) is 0 Å². The van der Waals surface area contributed by atoms with Crippen LogP contribution >= 0.6 is 0 Å². The first-order valence-electron chi connectivity index (χ1n) is 5.87. The highest BCUT2D eigenvalue weighted by Crippen LogP contribution is 2.24. The Bertz CT molecular complexity index is 368. The molecule has 1 aliphatic rings. The molecule has 3 heteroatoms. The summed E-state index contributed by atoms with van der Waals surface area (Å²) in [6, 6.07) is 6.85. The number of nitrogens with zero attached hydrogens (tertiary/aromatic N) is 1. The average molecular weight is 220 g/mol. The van der Waals surface area contributed by atoms with Crippen molar-refractivity contribution in [2.75, 3.05) is 18.0 Å². The van der Waals surface area contributed by atoms with Crippen molar-refractivity contribution in [3.8, 4) is 5.75 Å². The summed E-state index contributed by atoms with van der Waals surface area (Å²) in [5, 5.41) is 13.0. The van der Waals surface area contributed by atoms with Crippen LogP contribution in [0.15, 0.2) is 18.2 Å². The number of nitrogens with one attached hydrogen (secondary N) is 1. The number of hydrogen-bond acceptors (Lipinski definition) is 3. The summed E-state index contributed by atoms with van der Waals surface area (Å²) in [6.07, 6.45) is 0. The summed E-state index contributed by atoms with van der Waals surface area (Å²) in [5.41, 5.74) is 2.15. The quantitative estimate of drug-likeness (QED) is 0.758. The van der Waals surface area contributed by atoms with Crippen molar-refractivity contribution in [1.29, 1.82) is 0 Å². The number of aryl methyl sites for hydroxylation is 1. The number of hydrogen-bond donors (Lipinski definition) is 2. The van der Waals surface area contributed by atoms with E-state index in [1.54, 1.807) is 6.07 Å². The predicted octanol–water partition coefficient (Wildman–Crippen LogP) is 1.89. The number of aromatic hydroxyl groups is 1. The van der Waals surface area contributed by atoms with Crippen molar-refractivity contribution in [1.82, 2.24) is 5.32 Å². The third kappa shape index (κ3) is 2.30. The zero-order valence-electron chi connectivity index (χ0n) is 10.2. The molecular formula is C13H20N2O. The van der Waals surface area contributed by atoms with Gasteiger partial charge in [-0.2, -0.15) is 0 Å². The van der Waals surface area contributed by atoms with Gasteiger partial charge >= 0.3 is 0 Å². The van der Waals surface area contributed by atoms with Crippen LogP contribution in [0.5, 0.6) is 5.75 Å². The Morgan fingerprint density at radius 2 is 1.88 bits per heavy atom. The van der Waals surface area contributed by atoms with E-state index >= 15 is 0 Å². The summed E-state index contributed by atoms with van der Waals surface area (Å²) in [5.74, 6) is 0.375. The molecule has 1 saturated heterocycles. The van der Waals surface area contributed by atoms with E-state index in [0.29, 0.717) is 17.8 Å². The van der Waals surface area contributed by atoms with Gasteiger partial charge in [-0.1, -0.05) is 0 Å². The van der Waals surface area contributed by atoms with Gasteiger partial charge in [0.2, 0.25) is 0 Å². The van der Waals surface area contributed by atoms with Crippen molar-refractivity contribution >= 4 is 5.69 Å². The third-order valence-corrected chi connectivity index (χ3v) is 3.10. The maximum atomic E-state index is 9.52. The van der Waals surface area contributed by atoms with E-state index < -0.39 is 0 Å². The second-order valence-corrected chi connectivity index (χ2v) is 4.84. The highest BCUT2D eigenvalue weighted by Gasteiger charge is 2.21. The lowest BCUT2D eigenvalue weighted by molar-refractivity contribution is 0.407. The van der Waals surface area contributed by atoms with E-state index in [0.717, 1.165) is 18.7 Å². The second-order valence-electron chi connectivity index (χ2n) is 4.84. The number of piperazine rings is 1. The minimum absolute atomic E-state index is 0.375. The molecule has 0 saturated carbocycles. The minimum atomic E-state index is 0.375. The van der Waals surface area contributed by atoms with E-state index in [2.05, 4.69) is 30.1 Å². The van der Waals surface area contributed by atoms with Crippen LogP contribution < -0.4 is 10.2 Å². The maximum absolute atomic E-state index is 9.52. The van der Waals surface area contributed by atoms with Gasteiger partial charge in [0.25, 0.3) is 0 Å². The molecule has 1 aliphatic heterocycles. The van der Waals surface area contributed by atoms with Crippen LogP contribution in [0, 0.1) is 6.92 Å². The van der Waals surface area contributed by atoms with Crippen LogP contribution in [0.25, 0.3) is 0 Å². The van der Waals surface area contributed by atoms with Crippen molar-refractivity contribution < 1.29 is 5.11 Å². The zero-order valence-corrected chi connectivity index (χ0v) is 10.2. The molecule has 0 spiro atoms. The summed E-state index contributed by atoms with van der Waals surface area (Å²) in [6.45, 7) is 8.39. The van der Waals surface area contributed by atoms with Gasteiger partial charge in [-0.15, -0.1) is 0 Å². The molecule has 16 heavy (non-hydrogen) atoms. The first kappa shape index (κ1) is 11.3. The summed E-state index contributed by atoms with van der Waals surface area (Å²) >= 11 is 0. The van der Waals surface area contributed by atoms with E-state index in [1.807, 2.05) is 13.0 Å². The fourth-order valence-electron chi connectivity index (χ4n) is 2.37. The van der Waals surface area contributed by atoms with Gasteiger partial charge in [0.1, 0.15) is 5.75 Å². The van der Waals surface area contributed by atoms with Gasteiger partial charge in [-0.3, -0.25) is 0 Å². The normalized spacial score (nSPS) is 25.8. The molecule has 0 aromatic heterocycles. The number of anilines is 1. The SMILES string of the molecule is Cc1cc(N2C[C@@H](C)N[C@@H](C)C2)ccc1O. The number of benzene rings is 1. The standard InChI is InChI=1S/C13H20N2O/c1-9-6-12(4-5-13(9)16)15-7-10(2)14-11(3)8-15/h4-6,10-11,14,16H,7-8H2,1-3H3/t10-,11+. The third-order valence-electron chi connectivity index (χ3n) is 3.10. The molecule has 3 nitrogen and oxygen atoms in total. The fraction of sp³-hybridized carbons (Fsp3) is 0.538. The van der Waals surface area contributed by atoms with Crippen molar-refractivity contribution in [3.05, 3.63) is 23.8 Å². The molecule has 1 fully saturated rings. The lowest BCUT2D eigenvalue weighted by atomic mass is 10.1. The number of rotatable bonds is 1. The van der Waals surface area contributed by atoms with Gasteiger partial charge in [0, 0.05) is 30.9 Å². The van der Waals surface area contributed by atoms with E-state index in [4.69, 9.17) is 0 Å². The predicted molar refractivity (Wildman–Crippen MR) is 67.1 cm³/mol. The molecule has 2 N–H and O–H groups in total. The van der Waals surface area contributed by atoms with Gasteiger partial charge < -0.3 is 15.3 Å². The fourth-order valence-corrected chi connectivity index (χ4v) is 2.37. The Morgan fingerprint density at radius 3 is 2.44 bits per heavy atom. The molecule has 0 aliphatic carbocycles. The Labute approximate surface area is 97.1 Å². The number of phenolic OH excluding ortho intramolecular Hbond substituents is 1. The molecule has 0 amide bonds. The van der Waals surface area contributed by atoms with Crippen LogP contribution in [-0.4, -0.2) is 30.3 Å². The molecule has 0 unspecified atom stereocenters. The first-order chi connectivity index (χ1) is 7.56. The summed E-state index contributed by atoms with van der Waals surface area (Å²) in [4.78, 5) is 2.37. The highest BCUT2D eigenvalue weighted by molar-refractivity contribution is 5.53. The Morgan fingerprint density at radius 1 is 1.25 bits per heavy atom. The van der Waals surface area contributed by atoms with Crippen molar-refractivity contribution in [2.45, 2.75) is 32.9 Å².